The van der Waals surface area contributed by atoms with Crippen LogP contribution in [0.4, 0.5) is 5.69 Å². The summed E-state index contributed by atoms with van der Waals surface area (Å²) < 4.78 is 0. The minimum absolute atomic E-state index is 0.0736. The number of thiophene rings is 1. The van der Waals surface area contributed by atoms with Crippen LogP contribution in [0.1, 0.15) is 15.2 Å². The summed E-state index contributed by atoms with van der Waals surface area (Å²) in [7, 11) is 0. The van der Waals surface area contributed by atoms with E-state index in [0.717, 1.165) is 22.2 Å². The fraction of sp³-hybridized carbons (Fsp3) is 0.0476. The number of fused-ring (bicyclic) bond motifs is 1. The second-order valence-electron chi connectivity index (χ2n) is 5.91. The SMILES string of the molecule is O=C(c1cccs1)N(Cc1cc(=O)[nH]c2ccccc12)c1ccccc1. The van der Waals surface area contributed by atoms with Gasteiger partial charge in [-0.25, -0.2) is 0 Å². The maximum absolute atomic E-state index is 13.1. The average molecular weight is 360 g/mol. The first-order chi connectivity index (χ1) is 12.7. The van der Waals surface area contributed by atoms with E-state index in [0.29, 0.717) is 11.4 Å². The van der Waals surface area contributed by atoms with E-state index in [9.17, 15) is 9.59 Å². The van der Waals surface area contributed by atoms with Crippen molar-refractivity contribution in [3.63, 3.8) is 0 Å². The number of H-pyrrole nitrogens is 1. The molecule has 0 aliphatic heterocycles. The van der Waals surface area contributed by atoms with Crippen LogP contribution < -0.4 is 10.5 Å². The van der Waals surface area contributed by atoms with Crippen molar-refractivity contribution in [2.75, 3.05) is 4.90 Å². The van der Waals surface area contributed by atoms with E-state index in [-0.39, 0.29) is 11.5 Å². The molecule has 0 atom stereocenters. The maximum atomic E-state index is 13.1. The molecule has 0 fully saturated rings. The van der Waals surface area contributed by atoms with Gasteiger partial charge in [-0.15, -0.1) is 11.3 Å². The summed E-state index contributed by atoms with van der Waals surface area (Å²) in [6.45, 7) is 0.325. The number of aromatic nitrogens is 1. The summed E-state index contributed by atoms with van der Waals surface area (Å²) in [5.41, 5.74) is 2.22. The van der Waals surface area contributed by atoms with Crippen LogP contribution in [0, 0.1) is 0 Å². The third-order valence-electron chi connectivity index (χ3n) is 4.21. The maximum Gasteiger partial charge on any atom is 0.268 e. The molecule has 0 saturated carbocycles. The fourth-order valence-electron chi connectivity index (χ4n) is 3.00. The molecule has 1 N–H and O–H groups in total. The molecule has 0 aliphatic rings. The normalized spacial score (nSPS) is 10.8. The lowest BCUT2D eigenvalue weighted by atomic mass is 10.1. The number of para-hydroxylation sites is 2. The number of rotatable bonds is 4. The molecule has 0 unspecified atom stereocenters. The van der Waals surface area contributed by atoms with Crippen molar-refractivity contribution in [3.05, 3.63) is 99.0 Å². The lowest BCUT2D eigenvalue weighted by molar-refractivity contribution is 0.0989. The fourth-order valence-corrected chi connectivity index (χ4v) is 3.67. The molecule has 128 valence electrons. The summed E-state index contributed by atoms with van der Waals surface area (Å²) in [6, 6.07) is 22.4. The molecule has 5 heteroatoms. The first kappa shape index (κ1) is 16.3. The highest BCUT2D eigenvalue weighted by Crippen LogP contribution is 2.24. The van der Waals surface area contributed by atoms with Gasteiger partial charge in [-0.2, -0.15) is 0 Å². The van der Waals surface area contributed by atoms with Gasteiger partial charge in [0.15, 0.2) is 0 Å². The van der Waals surface area contributed by atoms with E-state index in [1.165, 1.54) is 11.3 Å². The number of nitrogens with zero attached hydrogens (tertiary/aromatic N) is 1. The van der Waals surface area contributed by atoms with Crippen molar-refractivity contribution in [2.45, 2.75) is 6.54 Å². The smallest absolute Gasteiger partial charge is 0.268 e. The van der Waals surface area contributed by atoms with Crippen LogP contribution in [0.3, 0.4) is 0 Å². The van der Waals surface area contributed by atoms with Crippen molar-refractivity contribution in [1.29, 1.82) is 0 Å². The number of carbonyl (C=O) groups excluding carboxylic acids is 1. The Morgan fingerprint density at radius 3 is 2.50 bits per heavy atom. The highest BCUT2D eigenvalue weighted by molar-refractivity contribution is 7.12. The minimum Gasteiger partial charge on any atom is -0.322 e. The topological polar surface area (TPSA) is 53.2 Å². The Kier molecular flexibility index (Phi) is 4.37. The van der Waals surface area contributed by atoms with E-state index in [2.05, 4.69) is 4.98 Å². The Bertz CT molecular complexity index is 1100. The number of hydrogen-bond acceptors (Lipinski definition) is 3. The molecular weight excluding hydrogens is 344 g/mol. The Hall–Kier alpha value is -3.18. The summed E-state index contributed by atoms with van der Waals surface area (Å²) in [4.78, 5) is 30.4. The highest BCUT2D eigenvalue weighted by Gasteiger charge is 2.20. The highest BCUT2D eigenvalue weighted by atomic mass is 32.1. The largest absolute Gasteiger partial charge is 0.322 e. The zero-order valence-electron chi connectivity index (χ0n) is 13.9. The third kappa shape index (κ3) is 3.17. The number of carbonyl (C=O) groups is 1. The van der Waals surface area contributed by atoms with Crippen LogP contribution in [0.2, 0.25) is 0 Å². The van der Waals surface area contributed by atoms with Gasteiger partial charge in [0.1, 0.15) is 0 Å². The van der Waals surface area contributed by atoms with Crippen LogP contribution in [-0.4, -0.2) is 10.9 Å². The van der Waals surface area contributed by atoms with Gasteiger partial charge < -0.3 is 9.88 Å². The molecule has 0 saturated heterocycles. The first-order valence-corrected chi connectivity index (χ1v) is 9.12. The second kappa shape index (κ2) is 6.98. The number of pyridine rings is 1. The standard InChI is InChI=1S/C21H16N2O2S/c24-20-13-15(17-9-4-5-10-18(17)22-20)14-23(16-7-2-1-3-8-16)21(25)19-11-6-12-26-19/h1-13H,14H2,(H,22,24). The van der Waals surface area contributed by atoms with E-state index >= 15 is 0 Å². The molecule has 26 heavy (non-hydrogen) atoms. The van der Waals surface area contributed by atoms with Crippen molar-refractivity contribution >= 4 is 33.8 Å². The van der Waals surface area contributed by atoms with Crippen molar-refractivity contribution in [3.8, 4) is 0 Å². The van der Waals surface area contributed by atoms with Gasteiger partial charge in [-0.3, -0.25) is 9.59 Å². The molecule has 4 aromatic rings. The number of nitrogens with one attached hydrogen (secondary N) is 1. The molecule has 2 aromatic carbocycles. The summed E-state index contributed by atoms with van der Waals surface area (Å²) in [6.07, 6.45) is 0. The van der Waals surface area contributed by atoms with Crippen molar-refractivity contribution < 1.29 is 4.79 Å². The van der Waals surface area contributed by atoms with Crippen LogP contribution in [-0.2, 0) is 6.54 Å². The van der Waals surface area contributed by atoms with Gasteiger partial charge in [0.2, 0.25) is 5.56 Å². The molecule has 0 spiro atoms. The van der Waals surface area contributed by atoms with E-state index in [1.807, 2.05) is 72.1 Å². The minimum atomic E-state index is -0.171. The monoisotopic (exact) mass is 360 g/mol. The zero-order valence-corrected chi connectivity index (χ0v) is 14.7. The van der Waals surface area contributed by atoms with Crippen LogP contribution in [0.5, 0.6) is 0 Å². The molecule has 4 nitrogen and oxygen atoms in total. The second-order valence-corrected chi connectivity index (χ2v) is 6.86. The molecule has 0 radical (unpaired) electrons. The van der Waals surface area contributed by atoms with Gasteiger partial charge in [0, 0.05) is 22.7 Å². The predicted molar refractivity (Wildman–Crippen MR) is 106 cm³/mol. The number of anilines is 1. The number of amides is 1. The van der Waals surface area contributed by atoms with Gasteiger partial charge in [-0.05, 0) is 35.2 Å². The Morgan fingerprint density at radius 1 is 0.962 bits per heavy atom. The molecule has 2 heterocycles. The lowest BCUT2D eigenvalue weighted by Crippen LogP contribution is -2.30. The Labute approximate surface area is 154 Å². The molecule has 2 aromatic heterocycles. The van der Waals surface area contributed by atoms with Crippen LogP contribution >= 0.6 is 11.3 Å². The van der Waals surface area contributed by atoms with E-state index in [1.54, 1.807) is 11.0 Å². The molecule has 4 rings (SSSR count). The van der Waals surface area contributed by atoms with Crippen molar-refractivity contribution in [1.82, 2.24) is 4.98 Å². The number of benzene rings is 2. The molecule has 1 amide bonds. The lowest BCUT2D eigenvalue weighted by Gasteiger charge is -2.23. The number of hydrogen-bond donors (Lipinski definition) is 1. The van der Waals surface area contributed by atoms with E-state index in [4.69, 9.17) is 0 Å². The average Bonchev–Trinajstić information content (AvgIpc) is 3.21. The Balaban J connectivity index is 1.81. The van der Waals surface area contributed by atoms with Gasteiger partial charge in [0.25, 0.3) is 5.91 Å². The third-order valence-corrected chi connectivity index (χ3v) is 5.07. The predicted octanol–water partition coefficient (Wildman–Crippen LogP) is 4.44. The summed E-state index contributed by atoms with van der Waals surface area (Å²) in [5, 5.41) is 2.82. The first-order valence-electron chi connectivity index (χ1n) is 8.24. The molecule has 0 aliphatic carbocycles. The summed E-state index contributed by atoms with van der Waals surface area (Å²) in [5.74, 6) is -0.0736. The van der Waals surface area contributed by atoms with Crippen molar-refractivity contribution in [2.24, 2.45) is 0 Å². The molecule has 0 bridgehead atoms. The van der Waals surface area contributed by atoms with E-state index < -0.39 is 0 Å². The quantitative estimate of drug-likeness (QED) is 0.585. The van der Waals surface area contributed by atoms with Crippen LogP contribution in [0.15, 0.2) is 83.0 Å². The summed E-state index contributed by atoms with van der Waals surface area (Å²) >= 11 is 1.41. The van der Waals surface area contributed by atoms with Gasteiger partial charge in [0.05, 0.1) is 11.4 Å². The van der Waals surface area contributed by atoms with Gasteiger partial charge >= 0.3 is 0 Å². The number of aromatic amines is 1. The molecular formula is C21H16N2O2S. The zero-order chi connectivity index (χ0) is 17.9. The van der Waals surface area contributed by atoms with Gasteiger partial charge in [-0.1, -0.05) is 42.5 Å². The Morgan fingerprint density at radius 2 is 1.73 bits per heavy atom. The van der Waals surface area contributed by atoms with Crippen LogP contribution in [0.25, 0.3) is 10.9 Å².